The van der Waals surface area contributed by atoms with E-state index in [0.717, 1.165) is 12.8 Å². The van der Waals surface area contributed by atoms with E-state index >= 15 is 0 Å². The van der Waals surface area contributed by atoms with Crippen LogP contribution in [-0.2, 0) is 16.0 Å². The highest BCUT2D eigenvalue weighted by atomic mass is 79.9. The summed E-state index contributed by atoms with van der Waals surface area (Å²) in [5, 5.41) is 19.9. The van der Waals surface area contributed by atoms with E-state index in [4.69, 9.17) is 0 Å². The molecule has 0 saturated carbocycles. The fourth-order valence-electron chi connectivity index (χ4n) is 2.54. The number of nitrogens with zero attached hydrogens (tertiary/aromatic N) is 2. The fourth-order valence-corrected chi connectivity index (χ4v) is 3.05. The van der Waals surface area contributed by atoms with E-state index < -0.39 is 16.9 Å². The molecule has 8 heteroatoms. The van der Waals surface area contributed by atoms with Crippen LogP contribution in [0.3, 0.4) is 0 Å². The molecule has 1 N–H and O–H groups in total. The van der Waals surface area contributed by atoms with Crippen molar-refractivity contribution in [2.45, 2.75) is 31.7 Å². The number of piperidine rings is 1. The SMILES string of the molecule is O=C(O)C1CCCCN1C(=O)Cc1ccc([N+](=O)[O-])cc1Br. The second-order valence-corrected chi connectivity index (χ2v) is 6.00. The third-order valence-corrected chi connectivity index (χ3v) is 4.44. The van der Waals surface area contributed by atoms with Gasteiger partial charge in [-0.15, -0.1) is 0 Å². The number of halogens is 1. The number of benzene rings is 1. The minimum Gasteiger partial charge on any atom is -0.480 e. The smallest absolute Gasteiger partial charge is 0.326 e. The van der Waals surface area contributed by atoms with Gasteiger partial charge >= 0.3 is 5.97 Å². The van der Waals surface area contributed by atoms with Crippen LogP contribution in [0.2, 0.25) is 0 Å². The minimum absolute atomic E-state index is 0.0162. The number of hydrogen-bond acceptors (Lipinski definition) is 4. The molecular weight excluding hydrogens is 356 g/mol. The van der Waals surface area contributed by atoms with Crippen molar-refractivity contribution in [3.63, 3.8) is 0 Å². The van der Waals surface area contributed by atoms with Crippen molar-refractivity contribution >= 4 is 33.5 Å². The summed E-state index contributed by atoms with van der Waals surface area (Å²) in [7, 11) is 0. The van der Waals surface area contributed by atoms with E-state index in [-0.39, 0.29) is 18.0 Å². The molecule has 0 spiro atoms. The maximum absolute atomic E-state index is 12.4. The number of rotatable bonds is 4. The first-order valence-corrected chi connectivity index (χ1v) is 7.64. The molecular formula is C14H15BrN2O5. The zero-order valence-corrected chi connectivity index (χ0v) is 13.3. The number of nitro benzene ring substituents is 1. The number of nitro groups is 1. The molecule has 1 unspecified atom stereocenters. The van der Waals surface area contributed by atoms with Crippen molar-refractivity contribution in [2.24, 2.45) is 0 Å². The number of amides is 1. The number of hydrogen-bond donors (Lipinski definition) is 1. The first-order chi connectivity index (χ1) is 10.4. The predicted molar refractivity (Wildman–Crippen MR) is 81.5 cm³/mol. The van der Waals surface area contributed by atoms with Gasteiger partial charge in [0.05, 0.1) is 11.3 Å². The van der Waals surface area contributed by atoms with Gasteiger partial charge in [-0.3, -0.25) is 14.9 Å². The molecule has 0 aromatic heterocycles. The van der Waals surface area contributed by atoms with Crippen LogP contribution in [0.4, 0.5) is 5.69 Å². The lowest BCUT2D eigenvalue weighted by atomic mass is 10.0. The zero-order chi connectivity index (χ0) is 16.3. The Balaban J connectivity index is 2.14. The van der Waals surface area contributed by atoms with Gasteiger partial charge in [-0.1, -0.05) is 22.0 Å². The normalized spacial score (nSPS) is 18.0. The van der Waals surface area contributed by atoms with Gasteiger partial charge in [0.1, 0.15) is 6.04 Å². The Kier molecular flexibility index (Phi) is 5.12. The molecule has 1 heterocycles. The third-order valence-electron chi connectivity index (χ3n) is 3.70. The quantitative estimate of drug-likeness (QED) is 0.647. The largest absolute Gasteiger partial charge is 0.480 e. The second kappa shape index (κ2) is 6.87. The van der Waals surface area contributed by atoms with E-state index in [9.17, 15) is 24.8 Å². The molecule has 1 aromatic rings. The maximum atomic E-state index is 12.4. The summed E-state index contributed by atoms with van der Waals surface area (Å²) in [6, 6.07) is 3.41. The van der Waals surface area contributed by atoms with Gasteiger partial charge in [0.2, 0.25) is 5.91 Å². The van der Waals surface area contributed by atoms with E-state index in [2.05, 4.69) is 15.9 Å². The van der Waals surface area contributed by atoms with Gasteiger partial charge in [0, 0.05) is 23.2 Å². The molecule has 0 aliphatic carbocycles. The van der Waals surface area contributed by atoms with Crippen molar-refractivity contribution in [1.82, 2.24) is 4.90 Å². The Hall–Kier alpha value is -1.96. The first kappa shape index (κ1) is 16.4. The van der Waals surface area contributed by atoms with Gasteiger partial charge < -0.3 is 10.0 Å². The van der Waals surface area contributed by atoms with E-state index in [0.29, 0.717) is 23.0 Å². The highest BCUT2D eigenvalue weighted by Gasteiger charge is 2.31. The van der Waals surface area contributed by atoms with Crippen LogP contribution in [0.5, 0.6) is 0 Å². The van der Waals surface area contributed by atoms with Gasteiger partial charge in [0.25, 0.3) is 5.69 Å². The average molecular weight is 371 g/mol. The number of carbonyl (C=O) groups is 2. The molecule has 2 rings (SSSR count). The summed E-state index contributed by atoms with van der Waals surface area (Å²) in [5.74, 6) is -1.27. The standard InChI is InChI=1S/C14H15BrN2O5/c15-11-8-10(17(21)22)5-4-9(11)7-13(18)16-6-2-1-3-12(16)14(19)20/h4-5,8,12H,1-3,6-7H2,(H,19,20). The number of carboxylic acids is 1. The summed E-state index contributed by atoms with van der Waals surface area (Å²) in [6.45, 7) is 0.431. The lowest BCUT2D eigenvalue weighted by Crippen LogP contribution is -2.48. The molecule has 1 aliphatic rings. The predicted octanol–water partition coefficient (Wildman–Crippen LogP) is 2.37. The number of non-ortho nitro benzene ring substituents is 1. The van der Waals surface area contributed by atoms with Crippen LogP contribution < -0.4 is 0 Å². The molecule has 1 aromatic carbocycles. The first-order valence-electron chi connectivity index (χ1n) is 6.85. The molecule has 1 amide bonds. The van der Waals surface area contributed by atoms with Crippen LogP contribution in [0.1, 0.15) is 24.8 Å². The van der Waals surface area contributed by atoms with E-state index in [1.54, 1.807) is 0 Å². The highest BCUT2D eigenvalue weighted by molar-refractivity contribution is 9.10. The Morgan fingerprint density at radius 1 is 1.41 bits per heavy atom. The fraction of sp³-hybridized carbons (Fsp3) is 0.429. The Morgan fingerprint density at radius 3 is 2.73 bits per heavy atom. The van der Waals surface area contributed by atoms with Gasteiger partial charge in [-0.2, -0.15) is 0 Å². The van der Waals surface area contributed by atoms with Crippen molar-refractivity contribution in [2.75, 3.05) is 6.54 Å². The number of likely N-dealkylation sites (tertiary alicyclic amines) is 1. The zero-order valence-electron chi connectivity index (χ0n) is 11.7. The van der Waals surface area contributed by atoms with Gasteiger partial charge in [-0.25, -0.2) is 4.79 Å². The summed E-state index contributed by atoms with van der Waals surface area (Å²) in [5.41, 5.74) is 0.537. The van der Waals surface area contributed by atoms with Crippen molar-refractivity contribution < 1.29 is 19.6 Å². The van der Waals surface area contributed by atoms with Crippen LogP contribution in [0.25, 0.3) is 0 Å². The lowest BCUT2D eigenvalue weighted by Gasteiger charge is -2.33. The molecule has 0 bridgehead atoms. The van der Waals surface area contributed by atoms with Crippen molar-refractivity contribution in [3.05, 3.63) is 38.3 Å². The monoisotopic (exact) mass is 370 g/mol. The molecule has 118 valence electrons. The average Bonchev–Trinajstić information content (AvgIpc) is 2.48. The Bertz CT molecular complexity index is 619. The summed E-state index contributed by atoms with van der Waals surface area (Å²) in [4.78, 5) is 35.2. The molecule has 1 aliphatic heterocycles. The van der Waals surface area contributed by atoms with E-state index in [1.165, 1.54) is 23.1 Å². The Labute approximate surface area is 135 Å². The van der Waals surface area contributed by atoms with Gasteiger partial charge in [0.15, 0.2) is 0 Å². The summed E-state index contributed by atoms with van der Waals surface area (Å²) >= 11 is 3.22. The summed E-state index contributed by atoms with van der Waals surface area (Å²) < 4.78 is 0.471. The maximum Gasteiger partial charge on any atom is 0.326 e. The topological polar surface area (TPSA) is 101 Å². The Morgan fingerprint density at radius 2 is 2.14 bits per heavy atom. The van der Waals surface area contributed by atoms with Crippen LogP contribution in [-0.4, -0.2) is 39.4 Å². The molecule has 22 heavy (non-hydrogen) atoms. The highest BCUT2D eigenvalue weighted by Crippen LogP contribution is 2.25. The molecule has 1 atom stereocenters. The lowest BCUT2D eigenvalue weighted by molar-refractivity contribution is -0.384. The van der Waals surface area contributed by atoms with Crippen molar-refractivity contribution in [3.8, 4) is 0 Å². The molecule has 7 nitrogen and oxygen atoms in total. The van der Waals surface area contributed by atoms with Crippen molar-refractivity contribution in [1.29, 1.82) is 0 Å². The molecule has 1 saturated heterocycles. The van der Waals surface area contributed by atoms with Crippen LogP contribution >= 0.6 is 15.9 Å². The molecule has 1 fully saturated rings. The third kappa shape index (κ3) is 3.62. The number of carboxylic acid groups (broad SMARTS) is 1. The number of carbonyl (C=O) groups excluding carboxylic acids is 1. The number of aliphatic carboxylic acids is 1. The van der Waals surface area contributed by atoms with Gasteiger partial charge in [-0.05, 0) is 24.8 Å². The molecule has 0 radical (unpaired) electrons. The van der Waals surface area contributed by atoms with Crippen LogP contribution in [0.15, 0.2) is 22.7 Å². The van der Waals surface area contributed by atoms with Crippen LogP contribution in [0, 0.1) is 10.1 Å². The minimum atomic E-state index is -0.990. The van der Waals surface area contributed by atoms with E-state index in [1.807, 2.05) is 0 Å². The second-order valence-electron chi connectivity index (χ2n) is 5.15. The summed E-state index contributed by atoms with van der Waals surface area (Å²) in [6.07, 6.45) is 2.06.